The second-order valence-corrected chi connectivity index (χ2v) is 11.6. The molecule has 0 radical (unpaired) electrons. The Bertz CT molecular complexity index is 1580. The van der Waals surface area contributed by atoms with E-state index < -0.39 is 23.5 Å². The molecule has 0 N–H and O–H groups in total. The van der Waals surface area contributed by atoms with Gasteiger partial charge < -0.3 is 9.80 Å². The summed E-state index contributed by atoms with van der Waals surface area (Å²) in [5.41, 5.74) is 0.861. The first kappa shape index (κ1) is 32.7. The number of hydrogen-bond donors (Lipinski definition) is 0. The lowest BCUT2D eigenvalue weighted by molar-refractivity contribution is -0.138. The van der Waals surface area contributed by atoms with E-state index in [1.165, 1.54) is 36.4 Å². The summed E-state index contributed by atoms with van der Waals surface area (Å²) in [6.45, 7) is 2.97. The van der Waals surface area contributed by atoms with Crippen molar-refractivity contribution in [2.75, 3.05) is 36.0 Å². The highest BCUT2D eigenvalue weighted by Gasteiger charge is 2.34. The number of anilines is 2. The van der Waals surface area contributed by atoms with Crippen LogP contribution in [-0.4, -0.2) is 26.2 Å². The van der Waals surface area contributed by atoms with E-state index in [2.05, 4.69) is 9.80 Å². The zero-order chi connectivity index (χ0) is 32.9. The monoisotopic (exact) mass is 634 g/mol. The molecule has 3 aromatic carbocycles. The van der Waals surface area contributed by atoms with E-state index in [-0.39, 0.29) is 22.3 Å². The smallest absolute Gasteiger partial charge is 0.371 e. The van der Waals surface area contributed by atoms with Crippen molar-refractivity contribution < 1.29 is 26.3 Å². The maximum absolute atomic E-state index is 13.9. The van der Waals surface area contributed by atoms with Gasteiger partial charge in [-0.25, -0.2) is 0 Å². The number of halogens is 6. The Hall–Kier alpha value is -4.70. The standard InChI is InChI=1S/C36H32F6N4/c37-35(38,39)31-19-25(23-43)7-9-27(31)11-13-29-22-34(46-17-5-2-6-18-46)30(21-33(29)45-15-3-1-4-16-45)14-12-28-10-8-26(24-44)20-32(28)36(40,41)42/h7-14,19-22H,1-6,15-18H2/b13-11+,14-12+. The Labute approximate surface area is 264 Å². The third-order valence-electron chi connectivity index (χ3n) is 8.43. The molecule has 0 saturated carbocycles. The SMILES string of the molecule is N#Cc1ccc(/C=C/c2cc(N3CCCCC3)c(/C=C/c3ccc(C#N)cc3C(F)(F)F)cc2N2CCCCC2)c(C(F)(F)F)c1. The van der Waals surface area contributed by atoms with Crippen LogP contribution < -0.4 is 9.80 Å². The van der Waals surface area contributed by atoms with E-state index >= 15 is 0 Å². The van der Waals surface area contributed by atoms with Gasteiger partial charge in [-0.05, 0) is 97.2 Å². The van der Waals surface area contributed by atoms with E-state index in [1.54, 1.807) is 24.3 Å². The van der Waals surface area contributed by atoms with Crippen LogP contribution in [-0.2, 0) is 12.4 Å². The molecule has 46 heavy (non-hydrogen) atoms. The summed E-state index contributed by atoms with van der Waals surface area (Å²) < 4.78 is 83.6. The largest absolute Gasteiger partial charge is 0.417 e. The first-order valence-corrected chi connectivity index (χ1v) is 15.2. The van der Waals surface area contributed by atoms with Gasteiger partial charge in [0.15, 0.2) is 0 Å². The molecule has 0 bridgehead atoms. The molecular weight excluding hydrogens is 602 g/mol. The fourth-order valence-electron chi connectivity index (χ4n) is 6.09. The van der Waals surface area contributed by atoms with Crippen LogP contribution in [0.3, 0.4) is 0 Å². The van der Waals surface area contributed by atoms with E-state index in [0.717, 1.165) is 88.2 Å². The van der Waals surface area contributed by atoms with Gasteiger partial charge in [-0.3, -0.25) is 0 Å². The number of hydrogen-bond acceptors (Lipinski definition) is 4. The molecule has 2 heterocycles. The molecule has 2 aliphatic rings. The zero-order valence-corrected chi connectivity index (χ0v) is 25.1. The molecule has 0 spiro atoms. The van der Waals surface area contributed by atoms with Crippen molar-refractivity contribution in [1.82, 2.24) is 0 Å². The van der Waals surface area contributed by atoms with E-state index in [4.69, 9.17) is 10.5 Å². The summed E-state index contributed by atoms with van der Waals surface area (Å²) in [7, 11) is 0. The lowest BCUT2D eigenvalue weighted by Gasteiger charge is -2.34. The topological polar surface area (TPSA) is 54.1 Å². The van der Waals surface area contributed by atoms with E-state index in [0.29, 0.717) is 11.1 Å². The number of alkyl halides is 6. The second-order valence-electron chi connectivity index (χ2n) is 11.6. The number of piperidine rings is 2. The third kappa shape index (κ3) is 7.56. The summed E-state index contributed by atoms with van der Waals surface area (Å²) in [4.78, 5) is 4.35. The van der Waals surface area contributed by atoms with Gasteiger partial charge in [-0.2, -0.15) is 36.9 Å². The minimum absolute atomic E-state index is 0.0694. The normalized spacial score (nSPS) is 16.2. The maximum atomic E-state index is 13.9. The number of rotatable bonds is 6. The van der Waals surface area contributed by atoms with Gasteiger partial charge >= 0.3 is 12.4 Å². The van der Waals surface area contributed by atoms with Gasteiger partial charge in [0, 0.05) is 37.6 Å². The summed E-state index contributed by atoms with van der Waals surface area (Å²) in [6, 6.07) is 14.3. The van der Waals surface area contributed by atoms with Crippen LogP contribution in [0.25, 0.3) is 24.3 Å². The van der Waals surface area contributed by atoms with Crippen molar-refractivity contribution in [1.29, 1.82) is 10.5 Å². The summed E-state index contributed by atoms with van der Waals surface area (Å²) >= 11 is 0. The molecule has 3 aromatic rings. The van der Waals surface area contributed by atoms with Crippen LogP contribution >= 0.6 is 0 Å². The van der Waals surface area contributed by atoms with Crippen LogP contribution in [0.15, 0.2) is 48.5 Å². The van der Waals surface area contributed by atoms with Gasteiger partial charge in [0.1, 0.15) is 0 Å². The van der Waals surface area contributed by atoms with Crippen molar-refractivity contribution in [3.8, 4) is 12.1 Å². The highest BCUT2D eigenvalue weighted by molar-refractivity contribution is 5.87. The van der Waals surface area contributed by atoms with Gasteiger partial charge in [-0.15, -0.1) is 0 Å². The minimum Gasteiger partial charge on any atom is -0.371 e. The maximum Gasteiger partial charge on any atom is 0.417 e. The summed E-state index contributed by atoms with van der Waals surface area (Å²) in [5, 5.41) is 18.3. The molecule has 238 valence electrons. The predicted octanol–water partition coefficient (Wildman–Crippen LogP) is 9.79. The predicted molar refractivity (Wildman–Crippen MR) is 169 cm³/mol. The number of nitrogens with zero attached hydrogens (tertiary/aromatic N) is 4. The first-order chi connectivity index (χ1) is 22.0. The van der Waals surface area contributed by atoms with Crippen molar-refractivity contribution in [2.45, 2.75) is 50.9 Å². The van der Waals surface area contributed by atoms with E-state index in [9.17, 15) is 26.3 Å². The lowest BCUT2D eigenvalue weighted by atomic mass is 9.97. The van der Waals surface area contributed by atoms with Crippen LogP contribution in [0.4, 0.5) is 37.7 Å². The molecule has 0 aromatic heterocycles. The molecular formula is C36H32F6N4. The highest BCUT2D eigenvalue weighted by atomic mass is 19.4. The molecule has 10 heteroatoms. The Morgan fingerprint density at radius 1 is 0.500 bits per heavy atom. The molecule has 4 nitrogen and oxygen atoms in total. The lowest BCUT2D eigenvalue weighted by Crippen LogP contribution is -2.32. The van der Waals surface area contributed by atoms with Crippen molar-refractivity contribution in [3.63, 3.8) is 0 Å². The third-order valence-corrected chi connectivity index (χ3v) is 8.43. The van der Waals surface area contributed by atoms with Gasteiger partial charge in [0.05, 0.1) is 34.4 Å². The Morgan fingerprint density at radius 2 is 0.848 bits per heavy atom. The number of benzene rings is 3. The molecule has 2 aliphatic heterocycles. The van der Waals surface area contributed by atoms with Crippen molar-refractivity contribution in [2.24, 2.45) is 0 Å². The van der Waals surface area contributed by atoms with Gasteiger partial charge in [-0.1, -0.05) is 36.4 Å². The Kier molecular flexibility index (Phi) is 9.76. The molecule has 0 unspecified atom stereocenters. The van der Waals surface area contributed by atoms with Gasteiger partial charge in [0.2, 0.25) is 0 Å². The fourth-order valence-corrected chi connectivity index (χ4v) is 6.09. The zero-order valence-electron chi connectivity index (χ0n) is 25.1. The molecule has 2 fully saturated rings. The minimum atomic E-state index is -4.66. The summed E-state index contributed by atoms with van der Waals surface area (Å²) in [6.07, 6.45) is 2.70. The Balaban J connectivity index is 1.65. The van der Waals surface area contributed by atoms with E-state index in [1.807, 2.05) is 12.1 Å². The highest BCUT2D eigenvalue weighted by Crippen LogP contribution is 2.39. The molecule has 0 aliphatic carbocycles. The van der Waals surface area contributed by atoms with Crippen LogP contribution in [0.5, 0.6) is 0 Å². The van der Waals surface area contributed by atoms with Crippen LogP contribution in [0.2, 0.25) is 0 Å². The molecule has 5 rings (SSSR count). The summed E-state index contributed by atoms with van der Waals surface area (Å²) in [5.74, 6) is 0. The molecule has 0 amide bonds. The molecule has 0 atom stereocenters. The fraction of sp³-hybridized carbons (Fsp3) is 0.333. The second kappa shape index (κ2) is 13.7. The Morgan fingerprint density at radius 3 is 1.17 bits per heavy atom. The van der Waals surface area contributed by atoms with Gasteiger partial charge in [0.25, 0.3) is 0 Å². The first-order valence-electron chi connectivity index (χ1n) is 15.2. The number of nitriles is 2. The van der Waals surface area contributed by atoms with Crippen molar-refractivity contribution in [3.05, 3.63) is 93.0 Å². The average Bonchev–Trinajstić information content (AvgIpc) is 3.06. The van der Waals surface area contributed by atoms with Crippen LogP contribution in [0.1, 0.15) is 83.0 Å². The molecule has 2 saturated heterocycles. The average molecular weight is 635 g/mol. The van der Waals surface area contributed by atoms with Crippen LogP contribution in [0, 0.1) is 22.7 Å². The van der Waals surface area contributed by atoms with Crippen molar-refractivity contribution >= 4 is 35.7 Å². The quantitative estimate of drug-likeness (QED) is 0.200.